The Morgan fingerprint density at radius 1 is 1.33 bits per heavy atom. The van der Waals surface area contributed by atoms with E-state index in [1.165, 1.54) is 0 Å². The maximum absolute atomic E-state index is 12.1. The summed E-state index contributed by atoms with van der Waals surface area (Å²) in [6.45, 7) is 8.47. The molecule has 0 radical (unpaired) electrons. The Bertz CT molecular complexity index is 486. The molecular weight excluding hydrogens is 264 g/mol. The van der Waals surface area contributed by atoms with Gasteiger partial charge in [-0.05, 0) is 17.9 Å². The summed E-state index contributed by atoms with van der Waals surface area (Å²) in [7, 11) is 0. The maximum Gasteiger partial charge on any atom is 0.238 e. The average molecular weight is 288 g/mol. The molecule has 0 aliphatic carbocycles. The molecule has 0 fully saturated rings. The van der Waals surface area contributed by atoms with Crippen molar-refractivity contribution < 1.29 is 9.53 Å². The summed E-state index contributed by atoms with van der Waals surface area (Å²) in [5.74, 6) is -0.894. The smallest absolute Gasteiger partial charge is 0.238 e. The lowest BCUT2D eigenvalue weighted by Gasteiger charge is -2.25. The van der Waals surface area contributed by atoms with Crippen LogP contribution in [0.5, 0.6) is 0 Å². The molecule has 0 unspecified atom stereocenters. The first-order valence-corrected chi connectivity index (χ1v) is 7.16. The highest BCUT2D eigenvalue weighted by Crippen LogP contribution is 2.25. The van der Waals surface area contributed by atoms with Crippen LogP contribution in [0, 0.1) is 22.7 Å². The van der Waals surface area contributed by atoms with Gasteiger partial charge in [0.2, 0.25) is 5.91 Å². The average Bonchev–Trinajstić information content (AvgIpc) is 2.38. The summed E-state index contributed by atoms with van der Waals surface area (Å²) in [6, 6.07) is 11.8. The number of ether oxygens (including phenoxy) is 1. The van der Waals surface area contributed by atoms with Crippen molar-refractivity contribution in [2.45, 2.75) is 40.3 Å². The molecule has 1 amide bonds. The summed E-state index contributed by atoms with van der Waals surface area (Å²) >= 11 is 0. The number of carbonyl (C=O) groups excluding carboxylic acids is 1. The van der Waals surface area contributed by atoms with E-state index < -0.39 is 5.92 Å². The SMILES string of the molecule is C[C@H](COCc1ccccc1)NC(=O)[C@H](C#N)C(C)(C)C. The van der Waals surface area contributed by atoms with Gasteiger partial charge in [0.25, 0.3) is 0 Å². The lowest BCUT2D eigenvalue weighted by atomic mass is 9.81. The summed E-state index contributed by atoms with van der Waals surface area (Å²) in [5.41, 5.74) is 0.726. The topological polar surface area (TPSA) is 62.1 Å². The van der Waals surface area contributed by atoms with Crippen LogP contribution < -0.4 is 5.32 Å². The largest absolute Gasteiger partial charge is 0.375 e. The van der Waals surface area contributed by atoms with E-state index in [1.807, 2.05) is 58.0 Å². The summed E-state index contributed by atoms with van der Waals surface area (Å²) in [5, 5.41) is 12.0. The minimum atomic E-state index is -0.658. The van der Waals surface area contributed by atoms with Crippen LogP contribution in [0.15, 0.2) is 30.3 Å². The first-order valence-electron chi connectivity index (χ1n) is 7.16. The Balaban J connectivity index is 2.38. The molecule has 1 aromatic rings. The van der Waals surface area contributed by atoms with Crippen LogP contribution in [-0.4, -0.2) is 18.6 Å². The van der Waals surface area contributed by atoms with Gasteiger partial charge < -0.3 is 10.1 Å². The molecule has 0 aliphatic heterocycles. The molecule has 4 heteroatoms. The quantitative estimate of drug-likeness (QED) is 0.875. The highest BCUT2D eigenvalue weighted by molar-refractivity contribution is 5.82. The number of nitriles is 1. The van der Waals surface area contributed by atoms with E-state index in [1.54, 1.807) is 0 Å². The van der Waals surface area contributed by atoms with E-state index >= 15 is 0 Å². The zero-order valence-corrected chi connectivity index (χ0v) is 13.2. The van der Waals surface area contributed by atoms with Crippen molar-refractivity contribution in [3.63, 3.8) is 0 Å². The molecule has 2 atom stereocenters. The molecule has 1 N–H and O–H groups in total. The van der Waals surface area contributed by atoms with Crippen LogP contribution in [0.1, 0.15) is 33.3 Å². The van der Waals surface area contributed by atoms with Crippen molar-refractivity contribution in [1.82, 2.24) is 5.32 Å². The van der Waals surface area contributed by atoms with Crippen LogP contribution in [0.2, 0.25) is 0 Å². The zero-order chi connectivity index (χ0) is 15.9. The predicted octanol–water partition coefficient (Wildman–Crippen LogP) is 2.89. The van der Waals surface area contributed by atoms with Crippen molar-refractivity contribution in [2.75, 3.05) is 6.61 Å². The molecule has 21 heavy (non-hydrogen) atoms. The molecular formula is C17H24N2O2. The first kappa shape index (κ1) is 17.2. The predicted molar refractivity (Wildman–Crippen MR) is 82.3 cm³/mol. The molecule has 4 nitrogen and oxygen atoms in total. The van der Waals surface area contributed by atoms with Crippen molar-refractivity contribution in [3.05, 3.63) is 35.9 Å². The van der Waals surface area contributed by atoms with Crippen LogP contribution >= 0.6 is 0 Å². The van der Waals surface area contributed by atoms with Gasteiger partial charge in [-0.25, -0.2) is 0 Å². The van der Waals surface area contributed by atoms with E-state index in [9.17, 15) is 4.79 Å². The van der Waals surface area contributed by atoms with Gasteiger partial charge in [-0.1, -0.05) is 51.1 Å². The van der Waals surface area contributed by atoms with Gasteiger partial charge in [-0.3, -0.25) is 4.79 Å². The molecule has 1 rings (SSSR count). The number of hydrogen-bond acceptors (Lipinski definition) is 3. The number of amides is 1. The van der Waals surface area contributed by atoms with E-state index in [-0.39, 0.29) is 17.4 Å². The summed E-state index contributed by atoms with van der Waals surface area (Å²) in [6.07, 6.45) is 0. The highest BCUT2D eigenvalue weighted by Gasteiger charge is 2.31. The van der Waals surface area contributed by atoms with Gasteiger partial charge in [0.05, 0.1) is 19.3 Å². The fraction of sp³-hybridized carbons (Fsp3) is 0.529. The number of rotatable bonds is 6. The zero-order valence-electron chi connectivity index (χ0n) is 13.2. The second kappa shape index (κ2) is 7.80. The van der Waals surface area contributed by atoms with Crippen LogP contribution in [0.4, 0.5) is 0 Å². The van der Waals surface area contributed by atoms with Crippen LogP contribution in [0.3, 0.4) is 0 Å². The summed E-state index contributed by atoms with van der Waals surface area (Å²) < 4.78 is 5.58. The molecule has 0 spiro atoms. The minimum absolute atomic E-state index is 0.126. The van der Waals surface area contributed by atoms with Gasteiger partial charge in [0, 0.05) is 6.04 Å². The van der Waals surface area contributed by atoms with Gasteiger partial charge in [-0.15, -0.1) is 0 Å². The Morgan fingerprint density at radius 2 is 1.95 bits per heavy atom. The number of nitrogens with zero attached hydrogens (tertiary/aromatic N) is 1. The van der Waals surface area contributed by atoms with E-state index in [2.05, 4.69) is 11.4 Å². The lowest BCUT2D eigenvalue weighted by Crippen LogP contribution is -2.43. The third-order valence-corrected chi connectivity index (χ3v) is 3.13. The lowest BCUT2D eigenvalue weighted by molar-refractivity contribution is -0.127. The molecule has 0 aliphatic rings. The molecule has 114 valence electrons. The molecule has 0 aromatic heterocycles. The molecule has 0 saturated heterocycles. The van der Waals surface area contributed by atoms with Crippen LogP contribution in [0.25, 0.3) is 0 Å². The van der Waals surface area contributed by atoms with Crippen molar-refractivity contribution >= 4 is 5.91 Å². The normalized spacial score (nSPS) is 14.0. The molecule has 0 bridgehead atoms. The van der Waals surface area contributed by atoms with Gasteiger partial charge in [0.15, 0.2) is 0 Å². The maximum atomic E-state index is 12.1. The van der Waals surface area contributed by atoms with Crippen molar-refractivity contribution in [1.29, 1.82) is 5.26 Å². The standard InChI is InChI=1S/C17H24N2O2/c1-13(11-21-12-14-8-6-5-7-9-14)19-16(20)15(10-18)17(2,3)4/h5-9,13,15H,11-12H2,1-4H3,(H,19,20)/t13-,15+/m1/s1. The molecule has 1 aromatic carbocycles. The Hall–Kier alpha value is -1.86. The van der Waals surface area contributed by atoms with Gasteiger partial charge in [-0.2, -0.15) is 5.26 Å². The number of benzene rings is 1. The second-order valence-electron chi connectivity index (χ2n) is 6.34. The first-order chi connectivity index (χ1) is 9.84. The van der Waals surface area contributed by atoms with Crippen molar-refractivity contribution in [2.24, 2.45) is 11.3 Å². The number of hydrogen-bond donors (Lipinski definition) is 1. The Morgan fingerprint density at radius 3 is 2.48 bits per heavy atom. The highest BCUT2D eigenvalue weighted by atomic mass is 16.5. The fourth-order valence-electron chi connectivity index (χ4n) is 1.94. The van der Waals surface area contributed by atoms with Crippen molar-refractivity contribution in [3.8, 4) is 6.07 Å². The number of nitrogens with one attached hydrogen (secondary N) is 1. The van der Waals surface area contributed by atoms with E-state index in [0.717, 1.165) is 5.56 Å². The third-order valence-electron chi connectivity index (χ3n) is 3.13. The monoisotopic (exact) mass is 288 g/mol. The number of carbonyl (C=O) groups is 1. The Labute approximate surface area is 127 Å². The van der Waals surface area contributed by atoms with Gasteiger partial charge >= 0.3 is 0 Å². The fourth-order valence-corrected chi connectivity index (χ4v) is 1.94. The van der Waals surface area contributed by atoms with Gasteiger partial charge in [0.1, 0.15) is 5.92 Å². The Kier molecular flexibility index (Phi) is 6.39. The van der Waals surface area contributed by atoms with E-state index in [4.69, 9.17) is 10.00 Å². The minimum Gasteiger partial charge on any atom is -0.375 e. The third kappa shape index (κ3) is 5.97. The molecule has 0 heterocycles. The van der Waals surface area contributed by atoms with E-state index in [0.29, 0.717) is 13.2 Å². The second-order valence-corrected chi connectivity index (χ2v) is 6.34. The van der Waals surface area contributed by atoms with Crippen LogP contribution in [-0.2, 0) is 16.1 Å². The summed E-state index contributed by atoms with van der Waals surface area (Å²) in [4.78, 5) is 12.1. The molecule has 0 saturated carbocycles.